The highest BCUT2D eigenvalue weighted by Gasteiger charge is 2.17. The summed E-state index contributed by atoms with van der Waals surface area (Å²) in [5, 5.41) is 2.94. The molecule has 6 heteroatoms. The Labute approximate surface area is 142 Å². The molecule has 128 valence electrons. The number of hydrogen-bond acceptors (Lipinski definition) is 4. The molecular weight excluding hydrogens is 304 g/mol. The van der Waals surface area contributed by atoms with Gasteiger partial charge in [-0.1, -0.05) is 18.2 Å². The molecule has 1 atom stereocenters. The van der Waals surface area contributed by atoms with Gasteiger partial charge < -0.3 is 15.0 Å². The van der Waals surface area contributed by atoms with E-state index >= 15 is 0 Å². The smallest absolute Gasteiger partial charge is 0.317 e. The summed E-state index contributed by atoms with van der Waals surface area (Å²) in [5.74, 6) is 0.887. The average molecular weight is 328 g/mol. The van der Waals surface area contributed by atoms with Gasteiger partial charge in [-0.05, 0) is 37.5 Å². The van der Waals surface area contributed by atoms with Crippen LogP contribution in [0.5, 0.6) is 5.75 Å². The Balaban J connectivity index is 1.78. The summed E-state index contributed by atoms with van der Waals surface area (Å²) in [6.45, 7) is 2.55. The standard InChI is InChI=1S/C18H24N4O2/c1-14(16-10-12-19-13-21-16)22(2)18(23)20-11-6-8-15-7-4-5-9-17(15)24-3/h4-5,7,9-10,12-14H,6,8,11H2,1-3H3,(H,20,23)/t14-/m1/s1. The topological polar surface area (TPSA) is 67.3 Å². The molecule has 0 spiro atoms. The van der Waals surface area contributed by atoms with Crippen molar-refractivity contribution in [2.45, 2.75) is 25.8 Å². The van der Waals surface area contributed by atoms with E-state index in [1.165, 1.54) is 6.33 Å². The maximum atomic E-state index is 12.2. The lowest BCUT2D eigenvalue weighted by Gasteiger charge is -2.24. The highest BCUT2D eigenvalue weighted by atomic mass is 16.5. The second-order valence-corrected chi connectivity index (χ2v) is 5.57. The van der Waals surface area contributed by atoms with E-state index in [4.69, 9.17) is 4.74 Å². The van der Waals surface area contributed by atoms with Crippen LogP contribution in [0.4, 0.5) is 4.79 Å². The first kappa shape index (κ1) is 17.7. The molecule has 0 aliphatic carbocycles. The van der Waals surface area contributed by atoms with Crippen LogP contribution in [0, 0.1) is 0 Å². The molecule has 1 heterocycles. The molecule has 6 nitrogen and oxygen atoms in total. The number of para-hydroxylation sites is 1. The van der Waals surface area contributed by atoms with Crippen molar-refractivity contribution in [2.75, 3.05) is 20.7 Å². The molecule has 0 fully saturated rings. The predicted molar refractivity (Wildman–Crippen MR) is 92.9 cm³/mol. The van der Waals surface area contributed by atoms with Gasteiger partial charge in [0.05, 0.1) is 18.8 Å². The number of hydrogen-bond donors (Lipinski definition) is 1. The largest absolute Gasteiger partial charge is 0.496 e. The lowest BCUT2D eigenvalue weighted by molar-refractivity contribution is 0.193. The van der Waals surface area contributed by atoms with Gasteiger partial charge in [0, 0.05) is 19.8 Å². The number of aromatic nitrogens is 2. The Kier molecular flexibility index (Phi) is 6.54. The molecular formula is C18H24N4O2. The molecule has 0 aliphatic rings. The van der Waals surface area contributed by atoms with Crippen LogP contribution in [0.15, 0.2) is 42.9 Å². The molecule has 0 unspecified atom stereocenters. The quantitative estimate of drug-likeness (QED) is 0.794. The number of methoxy groups -OCH3 is 1. The fourth-order valence-electron chi connectivity index (χ4n) is 2.43. The first-order valence-electron chi connectivity index (χ1n) is 8.02. The molecule has 1 aromatic carbocycles. The predicted octanol–water partition coefficient (Wildman–Crippen LogP) is 2.82. The Morgan fingerprint density at radius 3 is 2.83 bits per heavy atom. The Bertz CT molecular complexity index is 648. The van der Waals surface area contributed by atoms with E-state index in [-0.39, 0.29) is 12.1 Å². The van der Waals surface area contributed by atoms with Crippen LogP contribution < -0.4 is 10.1 Å². The van der Waals surface area contributed by atoms with Gasteiger partial charge >= 0.3 is 6.03 Å². The van der Waals surface area contributed by atoms with Crippen molar-refractivity contribution in [3.63, 3.8) is 0 Å². The van der Waals surface area contributed by atoms with Gasteiger partial charge in [0.2, 0.25) is 0 Å². The normalized spacial score (nSPS) is 11.6. The van der Waals surface area contributed by atoms with Crippen LogP contribution in [-0.2, 0) is 6.42 Å². The summed E-state index contributed by atoms with van der Waals surface area (Å²) in [5.41, 5.74) is 1.97. The van der Waals surface area contributed by atoms with Crippen molar-refractivity contribution in [2.24, 2.45) is 0 Å². The van der Waals surface area contributed by atoms with Crippen molar-refractivity contribution in [3.05, 3.63) is 54.1 Å². The first-order valence-corrected chi connectivity index (χ1v) is 8.02. The number of ether oxygens (including phenoxy) is 1. The summed E-state index contributed by atoms with van der Waals surface area (Å²) in [6, 6.07) is 9.54. The van der Waals surface area contributed by atoms with Crippen LogP contribution in [0.2, 0.25) is 0 Å². The fraction of sp³-hybridized carbons (Fsp3) is 0.389. The van der Waals surface area contributed by atoms with E-state index in [1.54, 1.807) is 25.3 Å². The van der Waals surface area contributed by atoms with Crippen molar-refractivity contribution >= 4 is 6.03 Å². The third-order valence-electron chi connectivity index (χ3n) is 4.03. The van der Waals surface area contributed by atoms with Crippen LogP contribution in [0.1, 0.15) is 30.6 Å². The van der Waals surface area contributed by atoms with E-state index in [2.05, 4.69) is 15.3 Å². The second-order valence-electron chi connectivity index (χ2n) is 5.57. The van der Waals surface area contributed by atoms with Gasteiger partial charge in [-0.25, -0.2) is 14.8 Å². The Hall–Kier alpha value is -2.63. The SMILES string of the molecule is COc1ccccc1CCCNC(=O)N(C)[C@H](C)c1ccncn1. The number of nitrogens with zero attached hydrogens (tertiary/aromatic N) is 3. The lowest BCUT2D eigenvalue weighted by Crippen LogP contribution is -2.39. The van der Waals surface area contributed by atoms with E-state index in [0.29, 0.717) is 6.54 Å². The number of aryl methyl sites for hydroxylation is 1. The minimum atomic E-state index is -0.110. The van der Waals surface area contributed by atoms with E-state index in [0.717, 1.165) is 29.8 Å². The summed E-state index contributed by atoms with van der Waals surface area (Å²) in [4.78, 5) is 22.0. The highest BCUT2D eigenvalue weighted by Crippen LogP contribution is 2.18. The number of urea groups is 1. The number of carbonyl (C=O) groups excluding carboxylic acids is 1. The third-order valence-corrected chi connectivity index (χ3v) is 4.03. The maximum absolute atomic E-state index is 12.2. The summed E-state index contributed by atoms with van der Waals surface area (Å²) < 4.78 is 5.33. The van der Waals surface area contributed by atoms with Gasteiger partial charge in [-0.2, -0.15) is 0 Å². The van der Waals surface area contributed by atoms with Gasteiger partial charge in [-0.3, -0.25) is 0 Å². The average Bonchev–Trinajstić information content (AvgIpc) is 2.64. The van der Waals surface area contributed by atoms with Crippen molar-refractivity contribution in [1.29, 1.82) is 0 Å². The Morgan fingerprint density at radius 1 is 1.33 bits per heavy atom. The van der Waals surface area contributed by atoms with Gasteiger partial charge in [0.25, 0.3) is 0 Å². The third kappa shape index (κ3) is 4.68. The number of benzene rings is 1. The van der Waals surface area contributed by atoms with Crippen molar-refractivity contribution < 1.29 is 9.53 Å². The zero-order valence-electron chi connectivity index (χ0n) is 14.4. The zero-order valence-corrected chi connectivity index (χ0v) is 14.4. The molecule has 2 rings (SSSR count). The molecule has 0 aliphatic heterocycles. The molecule has 1 N–H and O–H groups in total. The van der Waals surface area contributed by atoms with Crippen LogP contribution in [0.25, 0.3) is 0 Å². The van der Waals surface area contributed by atoms with E-state index in [1.807, 2.05) is 37.3 Å². The molecule has 0 bridgehead atoms. The summed E-state index contributed by atoms with van der Waals surface area (Å²) in [7, 11) is 3.44. The minimum Gasteiger partial charge on any atom is -0.496 e. The van der Waals surface area contributed by atoms with Crippen molar-refractivity contribution in [1.82, 2.24) is 20.2 Å². The highest BCUT2D eigenvalue weighted by molar-refractivity contribution is 5.74. The number of rotatable bonds is 7. The second kappa shape index (κ2) is 8.86. The molecule has 2 amide bonds. The molecule has 0 saturated carbocycles. The molecule has 2 aromatic rings. The molecule has 0 radical (unpaired) electrons. The van der Waals surface area contributed by atoms with Crippen LogP contribution in [-0.4, -0.2) is 41.6 Å². The molecule has 0 saturated heterocycles. The summed E-state index contributed by atoms with van der Waals surface area (Å²) in [6.07, 6.45) is 4.87. The van der Waals surface area contributed by atoms with Crippen molar-refractivity contribution in [3.8, 4) is 5.75 Å². The minimum absolute atomic E-state index is 0.109. The molecule has 1 aromatic heterocycles. The van der Waals surface area contributed by atoms with E-state index in [9.17, 15) is 4.79 Å². The Morgan fingerprint density at radius 2 is 2.12 bits per heavy atom. The van der Waals surface area contributed by atoms with Gasteiger partial charge in [-0.15, -0.1) is 0 Å². The summed E-state index contributed by atoms with van der Waals surface area (Å²) >= 11 is 0. The number of amides is 2. The van der Waals surface area contributed by atoms with Gasteiger partial charge in [0.15, 0.2) is 0 Å². The fourth-order valence-corrected chi connectivity index (χ4v) is 2.43. The number of carbonyl (C=O) groups is 1. The first-order chi connectivity index (χ1) is 11.6. The van der Waals surface area contributed by atoms with Crippen LogP contribution in [0.3, 0.4) is 0 Å². The maximum Gasteiger partial charge on any atom is 0.317 e. The van der Waals surface area contributed by atoms with Crippen LogP contribution >= 0.6 is 0 Å². The molecule has 24 heavy (non-hydrogen) atoms. The van der Waals surface area contributed by atoms with Gasteiger partial charge in [0.1, 0.15) is 12.1 Å². The van der Waals surface area contributed by atoms with E-state index < -0.39 is 0 Å². The lowest BCUT2D eigenvalue weighted by atomic mass is 10.1. The monoisotopic (exact) mass is 328 g/mol. The zero-order chi connectivity index (χ0) is 17.4. The number of nitrogens with one attached hydrogen (secondary N) is 1.